The largest absolute Gasteiger partial charge is 0.369 e. The summed E-state index contributed by atoms with van der Waals surface area (Å²) in [5.41, 5.74) is 3.04. The van der Waals surface area contributed by atoms with Crippen molar-refractivity contribution < 1.29 is 0 Å². The van der Waals surface area contributed by atoms with Gasteiger partial charge in [0, 0.05) is 24.0 Å². The van der Waals surface area contributed by atoms with E-state index >= 15 is 0 Å². The van der Waals surface area contributed by atoms with Crippen molar-refractivity contribution in [1.29, 1.82) is 0 Å². The predicted octanol–water partition coefficient (Wildman–Crippen LogP) is 3.84. The smallest absolute Gasteiger partial charge is 0.163 e. The van der Waals surface area contributed by atoms with Crippen LogP contribution in [0.15, 0.2) is 18.3 Å². The van der Waals surface area contributed by atoms with Crippen LogP contribution in [0.4, 0.5) is 5.82 Å². The van der Waals surface area contributed by atoms with Gasteiger partial charge in [-0.1, -0.05) is 13.8 Å². The minimum atomic E-state index is 0.744. The van der Waals surface area contributed by atoms with Crippen LogP contribution < -0.4 is 5.32 Å². The monoisotopic (exact) mass is 382 g/mol. The molecule has 0 radical (unpaired) electrons. The van der Waals surface area contributed by atoms with Gasteiger partial charge in [-0.15, -0.1) is 0 Å². The van der Waals surface area contributed by atoms with Gasteiger partial charge >= 0.3 is 0 Å². The van der Waals surface area contributed by atoms with Gasteiger partial charge in [-0.25, -0.2) is 9.97 Å². The zero-order valence-corrected chi connectivity index (χ0v) is 14.2. The van der Waals surface area contributed by atoms with E-state index in [1.165, 1.54) is 0 Å². The quantitative estimate of drug-likeness (QED) is 0.799. The van der Waals surface area contributed by atoms with Crippen molar-refractivity contribution in [2.24, 2.45) is 0 Å². The third-order valence-corrected chi connectivity index (χ3v) is 4.10. The lowest BCUT2D eigenvalue weighted by atomic mass is 10.2. The van der Waals surface area contributed by atoms with Gasteiger partial charge in [0.25, 0.3) is 0 Å². The summed E-state index contributed by atoms with van der Waals surface area (Å²) in [4.78, 5) is 13.6. The summed E-state index contributed by atoms with van der Waals surface area (Å²) in [5, 5.41) is 3.38. The highest BCUT2D eigenvalue weighted by Crippen LogP contribution is 2.24. The number of hydrogen-bond donors (Lipinski definition) is 1. The first-order valence-corrected chi connectivity index (χ1v) is 7.96. The molecule has 5 heteroatoms. The van der Waals surface area contributed by atoms with Crippen molar-refractivity contribution >= 4 is 28.4 Å². The van der Waals surface area contributed by atoms with Gasteiger partial charge in [-0.3, -0.25) is 4.98 Å². The molecule has 106 valence electrons. The maximum Gasteiger partial charge on any atom is 0.163 e. The van der Waals surface area contributed by atoms with Crippen LogP contribution in [0.2, 0.25) is 0 Å². The van der Waals surface area contributed by atoms with Crippen molar-refractivity contribution in [3.8, 4) is 11.4 Å². The molecule has 20 heavy (non-hydrogen) atoms. The van der Waals surface area contributed by atoms with Gasteiger partial charge in [0.2, 0.25) is 0 Å². The number of nitrogens with zero attached hydrogens (tertiary/aromatic N) is 3. The summed E-state index contributed by atoms with van der Waals surface area (Å²) >= 11 is 2.32. The minimum absolute atomic E-state index is 0.744. The Bertz CT molecular complexity index is 581. The number of aryl methyl sites for hydroxylation is 2. The van der Waals surface area contributed by atoms with Gasteiger partial charge in [0.15, 0.2) is 5.82 Å². The van der Waals surface area contributed by atoms with E-state index < -0.39 is 0 Å². The fourth-order valence-electron chi connectivity index (χ4n) is 1.82. The molecule has 2 aromatic rings. The lowest BCUT2D eigenvalue weighted by Crippen LogP contribution is -2.09. The Morgan fingerprint density at radius 1 is 1.20 bits per heavy atom. The average molecular weight is 382 g/mol. The molecule has 0 fully saturated rings. The molecule has 0 aliphatic rings. The average Bonchev–Trinajstić information content (AvgIpc) is 2.47. The first kappa shape index (κ1) is 15.2. The molecule has 0 aliphatic carbocycles. The van der Waals surface area contributed by atoms with Crippen LogP contribution in [0.5, 0.6) is 0 Å². The van der Waals surface area contributed by atoms with Crippen molar-refractivity contribution in [3.63, 3.8) is 0 Å². The molecular formula is C15H19IN4. The highest BCUT2D eigenvalue weighted by Gasteiger charge is 2.12. The van der Waals surface area contributed by atoms with Gasteiger partial charge < -0.3 is 5.32 Å². The molecule has 0 atom stereocenters. The molecule has 4 nitrogen and oxygen atoms in total. The fraction of sp³-hybridized carbons (Fsp3) is 0.400. The molecule has 0 spiro atoms. The second-order valence-corrected chi connectivity index (χ2v) is 5.70. The van der Waals surface area contributed by atoms with Crippen LogP contribution >= 0.6 is 22.6 Å². The third kappa shape index (κ3) is 3.45. The molecule has 0 bridgehead atoms. The molecule has 0 aliphatic heterocycles. The summed E-state index contributed by atoms with van der Waals surface area (Å²) in [6.07, 6.45) is 3.80. The maximum absolute atomic E-state index is 4.66. The Hall–Kier alpha value is -1.24. The van der Waals surface area contributed by atoms with Crippen LogP contribution in [0.1, 0.15) is 31.7 Å². The van der Waals surface area contributed by atoms with E-state index in [4.69, 9.17) is 0 Å². The Labute approximate surface area is 133 Å². The number of rotatable bonds is 5. The van der Waals surface area contributed by atoms with E-state index in [1.54, 1.807) is 0 Å². The number of anilines is 1. The Kier molecular flexibility index (Phi) is 5.28. The highest BCUT2D eigenvalue weighted by molar-refractivity contribution is 14.1. The van der Waals surface area contributed by atoms with Crippen LogP contribution in [-0.2, 0) is 6.42 Å². The Morgan fingerprint density at radius 3 is 2.60 bits per heavy atom. The van der Waals surface area contributed by atoms with Crippen molar-refractivity contribution in [2.45, 2.75) is 33.6 Å². The number of halogens is 1. The lowest BCUT2D eigenvalue weighted by Gasteiger charge is -2.12. The lowest BCUT2D eigenvalue weighted by molar-refractivity contribution is 0.942. The third-order valence-electron chi connectivity index (χ3n) is 2.97. The zero-order chi connectivity index (χ0) is 14.5. The van der Waals surface area contributed by atoms with E-state index in [2.05, 4.69) is 56.7 Å². The van der Waals surface area contributed by atoms with E-state index in [0.29, 0.717) is 0 Å². The number of nitrogens with one attached hydrogen (secondary N) is 1. The standard InChI is InChI=1S/C15H19IN4/c1-4-8-17-15-13(16)12(5-2)19-14(20-15)11-7-6-10(3)18-9-11/h6-7,9H,4-5,8H2,1-3H3,(H,17,19,20). The highest BCUT2D eigenvalue weighted by atomic mass is 127. The number of aromatic nitrogens is 3. The Morgan fingerprint density at radius 2 is 2.00 bits per heavy atom. The van der Waals surface area contributed by atoms with Gasteiger partial charge in [-0.2, -0.15) is 0 Å². The summed E-state index contributed by atoms with van der Waals surface area (Å²) < 4.78 is 1.11. The summed E-state index contributed by atoms with van der Waals surface area (Å²) in [5.74, 6) is 1.67. The van der Waals surface area contributed by atoms with E-state index in [1.807, 2.05) is 25.3 Å². The molecule has 0 saturated heterocycles. The van der Waals surface area contributed by atoms with E-state index in [0.717, 1.165) is 51.6 Å². The number of hydrogen-bond acceptors (Lipinski definition) is 4. The summed E-state index contributed by atoms with van der Waals surface area (Å²) in [7, 11) is 0. The molecule has 0 saturated carbocycles. The molecule has 0 aromatic carbocycles. The second-order valence-electron chi connectivity index (χ2n) is 4.63. The first-order chi connectivity index (χ1) is 9.65. The summed E-state index contributed by atoms with van der Waals surface area (Å²) in [6.45, 7) is 7.16. The van der Waals surface area contributed by atoms with E-state index in [9.17, 15) is 0 Å². The first-order valence-electron chi connectivity index (χ1n) is 6.89. The molecular weight excluding hydrogens is 363 g/mol. The molecule has 0 amide bonds. The predicted molar refractivity (Wildman–Crippen MR) is 90.9 cm³/mol. The van der Waals surface area contributed by atoms with Crippen LogP contribution in [0, 0.1) is 10.5 Å². The molecule has 2 aromatic heterocycles. The van der Waals surface area contributed by atoms with Gasteiger partial charge in [0.1, 0.15) is 5.82 Å². The minimum Gasteiger partial charge on any atom is -0.369 e. The maximum atomic E-state index is 4.66. The van der Waals surface area contributed by atoms with Gasteiger partial charge in [0.05, 0.1) is 9.26 Å². The van der Waals surface area contributed by atoms with Crippen molar-refractivity contribution in [2.75, 3.05) is 11.9 Å². The fourth-order valence-corrected chi connectivity index (χ4v) is 2.63. The Balaban J connectivity index is 2.44. The number of pyridine rings is 1. The SMILES string of the molecule is CCCNc1nc(-c2ccc(C)nc2)nc(CC)c1I. The molecule has 0 unspecified atom stereocenters. The van der Waals surface area contributed by atoms with Crippen LogP contribution in [0.3, 0.4) is 0 Å². The normalized spacial score (nSPS) is 10.6. The van der Waals surface area contributed by atoms with Crippen LogP contribution in [-0.4, -0.2) is 21.5 Å². The van der Waals surface area contributed by atoms with Crippen LogP contribution in [0.25, 0.3) is 11.4 Å². The molecule has 2 rings (SSSR count). The summed E-state index contributed by atoms with van der Waals surface area (Å²) in [6, 6.07) is 4.01. The molecule has 1 N–H and O–H groups in total. The second kappa shape index (κ2) is 6.97. The molecule has 2 heterocycles. The topological polar surface area (TPSA) is 50.7 Å². The van der Waals surface area contributed by atoms with Crippen molar-refractivity contribution in [3.05, 3.63) is 33.3 Å². The van der Waals surface area contributed by atoms with Crippen molar-refractivity contribution in [1.82, 2.24) is 15.0 Å². The van der Waals surface area contributed by atoms with E-state index in [-0.39, 0.29) is 0 Å². The van der Waals surface area contributed by atoms with Gasteiger partial charge in [-0.05, 0) is 54.5 Å². The zero-order valence-electron chi connectivity index (χ0n) is 12.1.